The van der Waals surface area contributed by atoms with Crippen molar-refractivity contribution in [2.45, 2.75) is 45.6 Å². The van der Waals surface area contributed by atoms with Crippen LogP contribution < -0.4 is 0 Å². The highest BCUT2D eigenvalue weighted by Crippen LogP contribution is 2.06. The van der Waals surface area contributed by atoms with E-state index in [1.165, 1.54) is 12.8 Å². The summed E-state index contributed by atoms with van der Waals surface area (Å²) in [5, 5.41) is 1.09. The van der Waals surface area contributed by atoms with Crippen molar-refractivity contribution in [3.05, 3.63) is 0 Å². The summed E-state index contributed by atoms with van der Waals surface area (Å²) < 4.78 is 11.5. The van der Waals surface area contributed by atoms with Gasteiger partial charge in [-0.2, -0.15) is 0 Å². The Morgan fingerprint density at radius 3 is 2.00 bits per heavy atom. The zero-order valence-electron chi connectivity index (χ0n) is 9.43. The smallest absolute Gasteiger partial charge is 0.321 e. The van der Waals surface area contributed by atoms with Crippen LogP contribution in [-0.2, 0) is 8.85 Å². The molecule has 0 aromatic carbocycles. The minimum Gasteiger partial charge on any atom is -0.397 e. The zero-order valence-corrected chi connectivity index (χ0v) is 12.2. The van der Waals surface area contributed by atoms with Crippen molar-refractivity contribution in [3.8, 4) is 0 Å². The standard InChI is InChI=1S/C10H23BrO2Si/c1-3-8-12-14(13-9-4-2)10-6-5-7-11/h14H,3-10H2,1-2H3. The molecule has 0 unspecified atom stereocenters. The average Bonchev–Trinajstić information content (AvgIpc) is 2.21. The molecule has 0 atom stereocenters. The fourth-order valence-electron chi connectivity index (χ4n) is 1.12. The van der Waals surface area contributed by atoms with Gasteiger partial charge in [-0.3, -0.25) is 0 Å². The number of alkyl halides is 1. The number of halogens is 1. The van der Waals surface area contributed by atoms with Gasteiger partial charge < -0.3 is 8.85 Å². The summed E-state index contributed by atoms with van der Waals surface area (Å²) in [6.07, 6.45) is 4.65. The van der Waals surface area contributed by atoms with Gasteiger partial charge in [-0.05, 0) is 25.3 Å². The van der Waals surface area contributed by atoms with Gasteiger partial charge in [0, 0.05) is 18.5 Å². The van der Waals surface area contributed by atoms with E-state index in [2.05, 4.69) is 29.8 Å². The Morgan fingerprint density at radius 2 is 1.57 bits per heavy atom. The molecule has 14 heavy (non-hydrogen) atoms. The molecule has 0 aliphatic carbocycles. The molecule has 0 amide bonds. The van der Waals surface area contributed by atoms with Crippen molar-refractivity contribution in [2.24, 2.45) is 0 Å². The third kappa shape index (κ3) is 9.18. The average molecular weight is 283 g/mol. The lowest BCUT2D eigenvalue weighted by molar-refractivity contribution is 0.196. The third-order valence-electron chi connectivity index (χ3n) is 1.84. The normalized spacial score (nSPS) is 11.1. The van der Waals surface area contributed by atoms with Crippen LogP contribution >= 0.6 is 15.9 Å². The van der Waals surface area contributed by atoms with Crippen molar-refractivity contribution in [3.63, 3.8) is 0 Å². The Bertz CT molecular complexity index is 106. The van der Waals surface area contributed by atoms with Gasteiger partial charge in [0.15, 0.2) is 0 Å². The minimum absolute atomic E-state index is 0.870. The molecular weight excluding hydrogens is 260 g/mol. The Labute approximate surface area is 98.3 Å². The highest BCUT2D eigenvalue weighted by molar-refractivity contribution is 9.09. The van der Waals surface area contributed by atoms with Gasteiger partial charge in [0.25, 0.3) is 0 Å². The lowest BCUT2D eigenvalue weighted by Gasteiger charge is -2.15. The summed E-state index contributed by atoms with van der Waals surface area (Å²) in [5.74, 6) is 0. The minimum atomic E-state index is -1.32. The highest BCUT2D eigenvalue weighted by Gasteiger charge is 2.11. The fourth-order valence-corrected chi connectivity index (χ4v) is 3.56. The van der Waals surface area contributed by atoms with Gasteiger partial charge in [0.2, 0.25) is 0 Å². The van der Waals surface area contributed by atoms with Crippen LogP contribution in [0.5, 0.6) is 0 Å². The predicted octanol–water partition coefficient (Wildman–Crippen LogP) is 3.24. The lowest BCUT2D eigenvalue weighted by Crippen LogP contribution is -2.23. The first-order valence-electron chi connectivity index (χ1n) is 5.64. The summed E-state index contributed by atoms with van der Waals surface area (Å²) in [5.41, 5.74) is 0. The third-order valence-corrected chi connectivity index (χ3v) is 4.49. The Balaban J connectivity index is 3.49. The Morgan fingerprint density at radius 1 is 1.00 bits per heavy atom. The Hall–Kier alpha value is 0.617. The van der Waals surface area contributed by atoms with Crippen LogP contribution in [-0.4, -0.2) is 27.8 Å². The van der Waals surface area contributed by atoms with E-state index in [-0.39, 0.29) is 0 Å². The molecule has 86 valence electrons. The van der Waals surface area contributed by atoms with E-state index in [1.54, 1.807) is 0 Å². The molecule has 0 N–H and O–H groups in total. The second-order valence-corrected chi connectivity index (χ2v) is 6.25. The maximum Gasteiger partial charge on any atom is 0.321 e. The molecule has 0 aromatic rings. The van der Waals surface area contributed by atoms with E-state index in [4.69, 9.17) is 8.85 Å². The van der Waals surface area contributed by atoms with Crippen LogP contribution in [0.15, 0.2) is 0 Å². The van der Waals surface area contributed by atoms with Crippen molar-refractivity contribution in [1.82, 2.24) is 0 Å². The van der Waals surface area contributed by atoms with Crippen molar-refractivity contribution >= 4 is 25.2 Å². The van der Waals surface area contributed by atoms with Crippen LogP contribution in [0.25, 0.3) is 0 Å². The van der Waals surface area contributed by atoms with Crippen LogP contribution in [0.3, 0.4) is 0 Å². The topological polar surface area (TPSA) is 18.5 Å². The Kier molecular flexibility index (Phi) is 12.2. The molecule has 0 aliphatic rings. The summed E-state index contributed by atoms with van der Waals surface area (Å²) in [6.45, 7) is 6.03. The van der Waals surface area contributed by atoms with Crippen molar-refractivity contribution < 1.29 is 8.85 Å². The van der Waals surface area contributed by atoms with Crippen LogP contribution in [0.2, 0.25) is 6.04 Å². The van der Waals surface area contributed by atoms with E-state index in [1.807, 2.05) is 0 Å². The van der Waals surface area contributed by atoms with Gasteiger partial charge >= 0.3 is 9.28 Å². The number of rotatable bonds is 10. The summed E-state index contributed by atoms with van der Waals surface area (Å²) >= 11 is 3.44. The molecule has 0 rings (SSSR count). The molecule has 0 aromatic heterocycles. The molecule has 0 spiro atoms. The first-order valence-corrected chi connectivity index (χ1v) is 8.52. The van der Waals surface area contributed by atoms with Crippen LogP contribution in [0.4, 0.5) is 0 Å². The SMILES string of the molecule is CCCO[SiH](CCCCBr)OCCC. The molecule has 0 bridgehead atoms. The fraction of sp³-hybridized carbons (Fsp3) is 1.00. The molecule has 0 saturated carbocycles. The molecular formula is C10H23BrO2Si. The lowest BCUT2D eigenvalue weighted by atomic mass is 10.4. The molecule has 2 nitrogen and oxygen atoms in total. The van der Waals surface area contributed by atoms with Crippen molar-refractivity contribution in [2.75, 3.05) is 18.5 Å². The molecule has 0 aliphatic heterocycles. The maximum absolute atomic E-state index is 5.74. The molecule has 0 radical (unpaired) electrons. The van der Waals surface area contributed by atoms with Crippen LogP contribution in [0.1, 0.15) is 39.5 Å². The molecule has 4 heteroatoms. The largest absolute Gasteiger partial charge is 0.397 e. The van der Waals surface area contributed by atoms with E-state index in [0.29, 0.717) is 0 Å². The maximum atomic E-state index is 5.74. The van der Waals surface area contributed by atoms with Gasteiger partial charge in [-0.1, -0.05) is 36.2 Å². The number of hydrogen-bond donors (Lipinski definition) is 0. The van der Waals surface area contributed by atoms with E-state index in [0.717, 1.165) is 37.4 Å². The number of hydrogen-bond acceptors (Lipinski definition) is 2. The highest BCUT2D eigenvalue weighted by atomic mass is 79.9. The van der Waals surface area contributed by atoms with E-state index < -0.39 is 9.28 Å². The van der Waals surface area contributed by atoms with Gasteiger partial charge in [0.05, 0.1) is 0 Å². The second-order valence-electron chi connectivity index (χ2n) is 3.36. The predicted molar refractivity (Wildman–Crippen MR) is 67.5 cm³/mol. The van der Waals surface area contributed by atoms with Gasteiger partial charge in [-0.15, -0.1) is 0 Å². The molecule has 0 fully saturated rings. The van der Waals surface area contributed by atoms with Crippen LogP contribution in [0, 0.1) is 0 Å². The molecule has 0 heterocycles. The summed E-state index contributed by atoms with van der Waals surface area (Å²) in [7, 11) is -1.32. The first kappa shape index (κ1) is 14.6. The quantitative estimate of drug-likeness (QED) is 0.348. The first-order chi connectivity index (χ1) is 6.85. The summed E-state index contributed by atoms with van der Waals surface area (Å²) in [4.78, 5) is 0. The number of unbranched alkanes of at least 4 members (excludes halogenated alkanes) is 1. The zero-order chi connectivity index (χ0) is 10.6. The molecule has 0 saturated heterocycles. The van der Waals surface area contributed by atoms with Gasteiger partial charge in [-0.25, -0.2) is 0 Å². The van der Waals surface area contributed by atoms with E-state index in [9.17, 15) is 0 Å². The van der Waals surface area contributed by atoms with E-state index >= 15 is 0 Å². The summed E-state index contributed by atoms with van der Waals surface area (Å²) in [6, 6.07) is 1.16. The van der Waals surface area contributed by atoms with Gasteiger partial charge in [0.1, 0.15) is 0 Å². The monoisotopic (exact) mass is 282 g/mol. The van der Waals surface area contributed by atoms with Crippen molar-refractivity contribution in [1.29, 1.82) is 0 Å². The second kappa shape index (κ2) is 11.7.